The van der Waals surface area contributed by atoms with Crippen molar-refractivity contribution in [3.05, 3.63) is 12.2 Å². The van der Waals surface area contributed by atoms with Gasteiger partial charge < -0.3 is 15.3 Å². The summed E-state index contributed by atoms with van der Waals surface area (Å²) < 4.78 is 0. The number of hydrogen-bond acceptors (Lipinski definition) is 4. The Morgan fingerprint density at radius 3 is 2.71 bits per heavy atom. The van der Waals surface area contributed by atoms with Gasteiger partial charge in [0.15, 0.2) is 0 Å². The summed E-state index contributed by atoms with van der Waals surface area (Å²) in [4.78, 5) is 22.4. The maximum Gasteiger partial charge on any atom is 0.303 e. The van der Waals surface area contributed by atoms with Gasteiger partial charge in [-0.25, -0.2) is 0 Å². The molecule has 0 amide bonds. The van der Waals surface area contributed by atoms with E-state index in [2.05, 4.69) is 0 Å². The number of ketones is 1. The molecule has 0 saturated heterocycles. The Bertz CT molecular complexity index is 377. The Hall–Kier alpha value is -1.20. The number of aliphatic hydroxyl groups excluding tert-OH is 2. The van der Waals surface area contributed by atoms with Gasteiger partial charge >= 0.3 is 5.97 Å². The van der Waals surface area contributed by atoms with Crippen molar-refractivity contribution in [2.24, 2.45) is 11.8 Å². The number of carbonyl (C=O) groups excluding carboxylic acids is 1. The molecular formula is C16H26O5. The normalized spacial score (nSPS) is 27.4. The number of carboxylic acids is 1. The molecule has 3 N–H and O–H groups in total. The molecule has 120 valence electrons. The number of carbonyl (C=O) groups is 2. The molecule has 4 atom stereocenters. The Morgan fingerprint density at radius 2 is 2.10 bits per heavy atom. The van der Waals surface area contributed by atoms with E-state index < -0.39 is 18.2 Å². The van der Waals surface area contributed by atoms with Gasteiger partial charge in [-0.05, 0) is 19.3 Å². The van der Waals surface area contributed by atoms with Crippen LogP contribution in [0.1, 0.15) is 51.9 Å². The van der Waals surface area contributed by atoms with Crippen molar-refractivity contribution < 1.29 is 24.9 Å². The number of aliphatic hydroxyl groups is 2. The fraction of sp³-hybridized carbons (Fsp3) is 0.750. The van der Waals surface area contributed by atoms with Crippen LogP contribution in [0.5, 0.6) is 0 Å². The third-order valence-corrected chi connectivity index (χ3v) is 4.11. The van der Waals surface area contributed by atoms with Crippen molar-refractivity contribution in [3.63, 3.8) is 0 Å². The van der Waals surface area contributed by atoms with E-state index in [0.717, 1.165) is 12.8 Å². The summed E-state index contributed by atoms with van der Waals surface area (Å²) in [6, 6.07) is 0. The molecule has 1 unspecified atom stereocenters. The van der Waals surface area contributed by atoms with Crippen LogP contribution in [0.2, 0.25) is 0 Å². The molecule has 0 heterocycles. The summed E-state index contributed by atoms with van der Waals surface area (Å²) in [5.74, 6) is -1.15. The first-order valence-electron chi connectivity index (χ1n) is 7.74. The summed E-state index contributed by atoms with van der Waals surface area (Å²) in [5.41, 5.74) is 0. The highest BCUT2D eigenvalue weighted by Gasteiger charge is 2.39. The smallest absolute Gasteiger partial charge is 0.303 e. The van der Waals surface area contributed by atoms with Gasteiger partial charge in [-0.3, -0.25) is 9.59 Å². The average Bonchev–Trinajstić information content (AvgIpc) is 2.69. The van der Waals surface area contributed by atoms with Crippen LogP contribution in [0.4, 0.5) is 0 Å². The number of carboxylic acid groups (broad SMARTS) is 1. The van der Waals surface area contributed by atoms with E-state index >= 15 is 0 Å². The van der Waals surface area contributed by atoms with Gasteiger partial charge in [-0.15, -0.1) is 0 Å². The van der Waals surface area contributed by atoms with Crippen LogP contribution in [-0.4, -0.2) is 39.3 Å². The molecule has 0 spiro atoms. The molecule has 1 aliphatic rings. The number of aliphatic carboxylic acids is 1. The molecule has 1 aliphatic carbocycles. The first-order valence-corrected chi connectivity index (χ1v) is 7.74. The third kappa shape index (κ3) is 5.98. The summed E-state index contributed by atoms with van der Waals surface area (Å²) in [7, 11) is 0. The Labute approximate surface area is 125 Å². The first-order chi connectivity index (χ1) is 9.95. The van der Waals surface area contributed by atoms with Crippen LogP contribution >= 0.6 is 0 Å². The monoisotopic (exact) mass is 298 g/mol. The predicted molar refractivity (Wildman–Crippen MR) is 78.8 cm³/mol. The van der Waals surface area contributed by atoms with Crippen molar-refractivity contribution in [3.8, 4) is 0 Å². The number of rotatable bonds is 9. The van der Waals surface area contributed by atoms with Crippen LogP contribution < -0.4 is 0 Å². The highest BCUT2D eigenvalue weighted by Crippen LogP contribution is 2.34. The van der Waals surface area contributed by atoms with Crippen LogP contribution in [0.3, 0.4) is 0 Å². The summed E-state index contributed by atoms with van der Waals surface area (Å²) >= 11 is 0. The molecule has 0 aromatic heterocycles. The van der Waals surface area contributed by atoms with Gasteiger partial charge in [-0.2, -0.15) is 0 Å². The molecular weight excluding hydrogens is 272 g/mol. The molecule has 5 nitrogen and oxygen atoms in total. The second kappa shape index (κ2) is 8.95. The van der Waals surface area contributed by atoms with Crippen LogP contribution in [0.25, 0.3) is 0 Å². The zero-order chi connectivity index (χ0) is 15.8. The Morgan fingerprint density at radius 1 is 1.38 bits per heavy atom. The van der Waals surface area contributed by atoms with Gasteiger partial charge in [0.2, 0.25) is 0 Å². The predicted octanol–water partition coefficient (Wildman–Crippen LogP) is 1.91. The number of Topliss-reactive ketones (excluding diaryl/α,β-unsaturated/α-hetero) is 1. The lowest BCUT2D eigenvalue weighted by Gasteiger charge is -2.17. The van der Waals surface area contributed by atoms with Crippen LogP contribution in [0.15, 0.2) is 12.2 Å². The average molecular weight is 298 g/mol. The first kappa shape index (κ1) is 17.9. The molecule has 1 saturated carbocycles. The standard InChI is InChI=1S/C16H26O5/c1-2-11(17)8-9-13-12(14(18)10-15(13)19)6-4-3-5-7-16(20)21/h8-9,11-13,15,17,19H,2-7,10H2,1H3,(H,20,21)/b9-8+/t11?,12-,13-,15-/m1/s1. The fourth-order valence-corrected chi connectivity index (χ4v) is 2.80. The highest BCUT2D eigenvalue weighted by atomic mass is 16.4. The van der Waals surface area contributed by atoms with Gasteiger partial charge in [0.25, 0.3) is 0 Å². The molecule has 1 fully saturated rings. The van der Waals surface area contributed by atoms with Gasteiger partial charge in [0.05, 0.1) is 12.2 Å². The SMILES string of the molecule is CCC(O)/C=C/[C@H]1[C@H](O)CC(=O)[C@@H]1CCCCCC(=O)O. The minimum absolute atomic E-state index is 0.0707. The van der Waals surface area contributed by atoms with Crippen molar-refractivity contribution in [2.75, 3.05) is 0 Å². The largest absolute Gasteiger partial charge is 0.481 e. The van der Waals surface area contributed by atoms with E-state index in [-0.39, 0.29) is 30.5 Å². The minimum atomic E-state index is -0.795. The summed E-state index contributed by atoms with van der Waals surface area (Å²) in [6.07, 6.45) is 6.02. The zero-order valence-corrected chi connectivity index (χ0v) is 12.6. The van der Waals surface area contributed by atoms with Crippen molar-refractivity contribution >= 4 is 11.8 Å². The van der Waals surface area contributed by atoms with Gasteiger partial charge in [0.1, 0.15) is 5.78 Å². The highest BCUT2D eigenvalue weighted by molar-refractivity contribution is 5.84. The third-order valence-electron chi connectivity index (χ3n) is 4.11. The van der Waals surface area contributed by atoms with Crippen molar-refractivity contribution in [1.29, 1.82) is 0 Å². The van der Waals surface area contributed by atoms with Gasteiger partial charge in [0, 0.05) is 24.7 Å². The number of hydrogen-bond donors (Lipinski definition) is 3. The van der Waals surface area contributed by atoms with E-state index in [1.807, 2.05) is 6.92 Å². The quantitative estimate of drug-likeness (QED) is 0.446. The minimum Gasteiger partial charge on any atom is -0.481 e. The lowest BCUT2D eigenvalue weighted by atomic mass is 9.88. The van der Waals surface area contributed by atoms with E-state index in [0.29, 0.717) is 19.3 Å². The maximum atomic E-state index is 11.9. The molecule has 0 radical (unpaired) electrons. The molecule has 0 aromatic carbocycles. The van der Waals surface area contributed by atoms with Crippen molar-refractivity contribution in [1.82, 2.24) is 0 Å². The summed E-state index contributed by atoms with van der Waals surface area (Å²) in [6.45, 7) is 1.87. The molecule has 1 rings (SSSR count). The second-order valence-electron chi connectivity index (χ2n) is 5.78. The Kier molecular flexibility index (Phi) is 7.61. The van der Waals surface area contributed by atoms with E-state index in [1.165, 1.54) is 0 Å². The second-order valence-corrected chi connectivity index (χ2v) is 5.78. The van der Waals surface area contributed by atoms with E-state index in [4.69, 9.17) is 5.11 Å². The lowest BCUT2D eigenvalue weighted by molar-refractivity contribution is -0.137. The van der Waals surface area contributed by atoms with Crippen LogP contribution in [0, 0.1) is 11.8 Å². The lowest BCUT2D eigenvalue weighted by Crippen LogP contribution is -2.19. The van der Waals surface area contributed by atoms with Crippen LogP contribution in [-0.2, 0) is 9.59 Å². The van der Waals surface area contributed by atoms with E-state index in [1.54, 1.807) is 12.2 Å². The molecule has 0 aromatic rings. The maximum absolute atomic E-state index is 11.9. The molecule has 0 bridgehead atoms. The van der Waals surface area contributed by atoms with E-state index in [9.17, 15) is 19.8 Å². The summed E-state index contributed by atoms with van der Waals surface area (Å²) in [5, 5.41) is 28.1. The molecule has 0 aliphatic heterocycles. The fourth-order valence-electron chi connectivity index (χ4n) is 2.80. The van der Waals surface area contributed by atoms with Crippen molar-refractivity contribution in [2.45, 2.75) is 64.1 Å². The topological polar surface area (TPSA) is 94.8 Å². The number of unbranched alkanes of at least 4 members (excludes halogenated alkanes) is 2. The molecule has 21 heavy (non-hydrogen) atoms. The Balaban J connectivity index is 2.46. The molecule has 5 heteroatoms. The zero-order valence-electron chi connectivity index (χ0n) is 12.6. The van der Waals surface area contributed by atoms with Gasteiger partial charge in [-0.1, -0.05) is 31.9 Å².